The zero-order valence-corrected chi connectivity index (χ0v) is 15.8. The van der Waals surface area contributed by atoms with E-state index in [4.69, 9.17) is 13.9 Å². The third-order valence-corrected chi connectivity index (χ3v) is 4.30. The van der Waals surface area contributed by atoms with Crippen molar-refractivity contribution in [3.8, 4) is 5.75 Å². The molecule has 3 rings (SSSR count). The Kier molecular flexibility index (Phi) is 6.13. The highest BCUT2D eigenvalue weighted by Gasteiger charge is 2.13. The second kappa shape index (κ2) is 8.73. The molecule has 0 aliphatic rings. The van der Waals surface area contributed by atoms with Crippen LogP contribution in [0.4, 0.5) is 0 Å². The fourth-order valence-electron chi connectivity index (χ4n) is 2.30. The summed E-state index contributed by atoms with van der Waals surface area (Å²) in [6.45, 7) is 3.55. The summed E-state index contributed by atoms with van der Waals surface area (Å²) in [4.78, 5) is 28.2. The van der Waals surface area contributed by atoms with Crippen molar-refractivity contribution in [3.05, 3.63) is 54.1 Å². The summed E-state index contributed by atoms with van der Waals surface area (Å²) >= 11 is 1.13. The maximum Gasteiger partial charge on any atom is 0.316 e. The van der Waals surface area contributed by atoms with Crippen molar-refractivity contribution in [2.75, 3.05) is 12.4 Å². The maximum atomic E-state index is 12.1. The number of Topliss-reactive ketones (excluding diaryl/α,β-unsaturated/α-hetero) is 1. The molecule has 0 saturated carbocycles. The number of carbonyl (C=O) groups excluding carboxylic acids is 2. The number of oxazole rings is 1. The average molecular weight is 385 g/mol. The molecular formula is C20H19NO5S. The molecule has 27 heavy (non-hydrogen) atoms. The van der Waals surface area contributed by atoms with Crippen molar-refractivity contribution in [2.45, 2.75) is 25.2 Å². The van der Waals surface area contributed by atoms with Gasteiger partial charge in [-0.05, 0) is 50.2 Å². The Morgan fingerprint density at radius 1 is 1.11 bits per heavy atom. The van der Waals surface area contributed by atoms with Crippen molar-refractivity contribution in [1.29, 1.82) is 0 Å². The first-order valence-electron chi connectivity index (χ1n) is 8.45. The van der Waals surface area contributed by atoms with Crippen LogP contribution >= 0.6 is 11.8 Å². The molecule has 6 nitrogen and oxygen atoms in total. The van der Waals surface area contributed by atoms with Crippen LogP contribution in [0.1, 0.15) is 24.2 Å². The Labute approximate surface area is 160 Å². The molecule has 0 saturated heterocycles. The minimum atomic E-state index is -0.504. The summed E-state index contributed by atoms with van der Waals surface area (Å²) < 4.78 is 16.1. The molecule has 3 aromatic rings. The Hall–Kier alpha value is -2.80. The molecule has 0 fully saturated rings. The summed E-state index contributed by atoms with van der Waals surface area (Å²) in [5.74, 6) is -0.0729. The predicted octanol–water partition coefficient (Wildman–Crippen LogP) is 4.13. The number of rotatable bonds is 8. The van der Waals surface area contributed by atoms with Crippen LogP contribution < -0.4 is 4.74 Å². The highest BCUT2D eigenvalue weighted by atomic mass is 32.2. The molecule has 7 heteroatoms. The first kappa shape index (κ1) is 19.0. The van der Waals surface area contributed by atoms with Gasteiger partial charge in [0.05, 0.1) is 6.10 Å². The normalized spacial score (nSPS) is 10.9. The number of hydrogen-bond donors (Lipinski definition) is 0. The van der Waals surface area contributed by atoms with E-state index in [1.165, 1.54) is 0 Å². The van der Waals surface area contributed by atoms with Crippen molar-refractivity contribution in [3.63, 3.8) is 0 Å². The fraction of sp³-hybridized carbons (Fsp3) is 0.250. The summed E-state index contributed by atoms with van der Waals surface area (Å²) in [6, 6.07) is 14.1. The fourth-order valence-corrected chi connectivity index (χ4v) is 2.93. The van der Waals surface area contributed by atoms with E-state index in [1.807, 2.05) is 32.0 Å². The minimum absolute atomic E-state index is 0.0151. The number of para-hydroxylation sites is 2. The number of benzene rings is 2. The van der Waals surface area contributed by atoms with E-state index < -0.39 is 5.97 Å². The second-order valence-corrected chi connectivity index (χ2v) is 6.94. The van der Waals surface area contributed by atoms with Crippen molar-refractivity contribution in [2.24, 2.45) is 0 Å². The Morgan fingerprint density at radius 2 is 1.85 bits per heavy atom. The summed E-state index contributed by atoms with van der Waals surface area (Å²) in [5.41, 5.74) is 1.85. The van der Waals surface area contributed by atoms with Crippen LogP contribution in [0.5, 0.6) is 5.75 Å². The van der Waals surface area contributed by atoms with E-state index in [1.54, 1.807) is 30.3 Å². The van der Waals surface area contributed by atoms with Gasteiger partial charge in [0.1, 0.15) is 17.0 Å². The highest BCUT2D eigenvalue weighted by molar-refractivity contribution is 7.99. The van der Waals surface area contributed by atoms with E-state index >= 15 is 0 Å². The number of carbonyl (C=O) groups is 2. The van der Waals surface area contributed by atoms with Gasteiger partial charge in [0.25, 0.3) is 5.22 Å². The molecule has 0 atom stereocenters. The van der Waals surface area contributed by atoms with Gasteiger partial charge in [0, 0.05) is 5.56 Å². The summed E-state index contributed by atoms with van der Waals surface area (Å²) in [7, 11) is 0. The molecule has 0 bridgehead atoms. The van der Waals surface area contributed by atoms with Crippen LogP contribution in [0.3, 0.4) is 0 Å². The van der Waals surface area contributed by atoms with Gasteiger partial charge in [-0.3, -0.25) is 9.59 Å². The average Bonchev–Trinajstić information content (AvgIpc) is 3.07. The topological polar surface area (TPSA) is 78.6 Å². The maximum absolute atomic E-state index is 12.1. The Morgan fingerprint density at radius 3 is 2.56 bits per heavy atom. The number of ketones is 1. The lowest BCUT2D eigenvalue weighted by molar-refractivity contribution is -0.139. The molecule has 0 spiro atoms. The third kappa shape index (κ3) is 5.34. The Bertz CT molecular complexity index is 900. The van der Waals surface area contributed by atoms with Crippen molar-refractivity contribution < 1.29 is 23.5 Å². The largest absolute Gasteiger partial charge is 0.491 e. The molecule has 0 aliphatic heterocycles. The van der Waals surface area contributed by atoms with Crippen molar-refractivity contribution >= 4 is 34.6 Å². The third-order valence-electron chi connectivity index (χ3n) is 3.50. The molecule has 0 radical (unpaired) electrons. The number of nitrogens with zero attached hydrogens (tertiary/aromatic N) is 1. The summed E-state index contributed by atoms with van der Waals surface area (Å²) in [6.07, 6.45) is 0.0613. The first-order chi connectivity index (χ1) is 13.0. The van der Waals surface area contributed by atoms with Gasteiger partial charge >= 0.3 is 5.97 Å². The van der Waals surface area contributed by atoms with E-state index in [-0.39, 0.29) is 24.2 Å². The van der Waals surface area contributed by atoms with Crippen LogP contribution in [0.2, 0.25) is 0 Å². The zero-order chi connectivity index (χ0) is 19.2. The molecule has 1 heterocycles. The van der Waals surface area contributed by atoms with Gasteiger partial charge in [-0.2, -0.15) is 0 Å². The van der Waals surface area contributed by atoms with Gasteiger partial charge in [0.15, 0.2) is 18.0 Å². The Balaban J connectivity index is 1.46. The van der Waals surface area contributed by atoms with Gasteiger partial charge in [-0.25, -0.2) is 4.98 Å². The van der Waals surface area contributed by atoms with Crippen LogP contribution in [-0.2, 0) is 9.53 Å². The monoisotopic (exact) mass is 385 g/mol. The number of aromatic nitrogens is 1. The molecule has 0 unspecified atom stereocenters. The number of fused-ring (bicyclic) bond motifs is 1. The van der Waals surface area contributed by atoms with Crippen LogP contribution in [-0.4, -0.2) is 35.2 Å². The lowest BCUT2D eigenvalue weighted by Crippen LogP contribution is -2.15. The number of hydrogen-bond acceptors (Lipinski definition) is 7. The van der Waals surface area contributed by atoms with Gasteiger partial charge in [-0.1, -0.05) is 23.9 Å². The molecule has 0 N–H and O–H groups in total. The second-order valence-electron chi connectivity index (χ2n) is 6.01. The zero-order valence-electron chi connectivity index (χ0n) is 15.0. The minimum Gasteiger partial charge on any atom is -0.491 e. The van der Waals surface area contributed by atoms with Crippen LogP contribution in [0.15, 0.2) is 58.2 Å². The molecule has 2 aromatic carbocycles. The van der Waals surface area contributed by atoms with E-state index in [9.17, 15) is 9.59 Å². The lowest BCUT2D eigenvalue weighted by Gasteiger charge is -2.09. The molecular weight excluding hydrogens is 366 g/mol. The molecule has 0 amide bonds. The van der Waals surface area contributed by atoms with E-state index in [0.717, 1.165) is 17.3 Å². The van der Waals surface area contributed by atoms with Gasteiger partial charge < -0.3 is 13.9 Å². The van der Waals surface area contributed by atoms with E-state index in [2.05, 4.69) is 4.98 Å². The number of esters is 1. The highest BCUT2D eigenvalue weighted by Crippen LogP contribution is 2.23. The smallest absolute Gasteiger partial charge is 0.316 e. The molecule has 140 valence electrons. The number of ether oxygens (including phenoxy) is 2. The molecule has 0 aliphatic carbocycles. The quantitative estimate of drug-likeness (QED) is 0.328. The van der Waals surface area contributed by atoms with Gasteiger partial charge in [-0.15, -0.1) is 0 Å². The number of thioether (sulfide) groups is 1. The lowest BCUT2D eigenvalue weighted by atomic mass is 10.1. The summed E-state index contributed by atoms with van der Waals surface area (Å²) in [5, 5.41) is 0.389. The first-order valence-corrected chi connectivity index (χ1v) is 9.44. The van der Waals surface area contributed by atoms with Crippen LogP contribution in [0.25, 0.3) is 11.1 Å². The van der Waals surface area contributed by atoms with Crippen LogP contribution in [0, 0.1) is 0 Å². The van der Waals surface area contributed by atoms with Gasteiger partial charge in [0.2, 0.25) is 0 Å². The van der Waals surface area contributed by atoms with Crippen molar-refractivity contribution in [1.82, 2.24) is 4.98 Å². The predicted molar refractivity (Wildman–Crippen MR) is 102 cm³/mol. The standard InChI is InChI=1S/C20H19NO5S/c1-13(2)25-15-9-7-14(8-10-15)17(22)11-24-19(23)12-27-20-21-16-5-3-4-6-18(16)26-20/h3-10,13H,11-12H2,1-2H3. The molecule has 1 aromatic heterocycles. The SMILES string of the molecule is CC(C)Oc1ccc(C(=O)COC(=O)CSc2nc3ccccc3o2)cc1. The van der Waals surface area contributed by atoms with E-state index in [0.29, 0.717) is 22.1 Å².